The summed E-state index contributed by atoms with van der Waals surface area (Å²) in [7, 11) is 0. The Hall–Kier alpha value is -2.55. The largest absolute Gasteiger partial charge is 0.289 e. The summed E-state index contributed by atoms with van der Waals surface area (Å²) in [6.45, 7) is 0. The summed E-state index contributed by atoms with van der Waals surface area (Å²) in [6, 6.07) is 7.66. The van der Waals surface area contributed by atoms with Gasteiger partial charge in [0.05, 0.1) is 0 Å². The van der Waals surface area contributed by atoms with Crippen LogP contribution in [-0.2, 0) is 4.79 Å². The maximum atomic E-state index is 12.3. The average Bonchev–Trinajstić information content (AvgIpc) is 2.83. The van der Waals surface area contributed by atoms with Gasteiger partial charge in [-0.15, -0.1) is 0 Å². The third-order valence-electron chi connectivity index (χ3n) is 3.30. The minimum atomic E-state index is 0.137. The Morgan fingerprint density at radius 1 is 0.850 bits per heavy atom. The van der Waals surface area contributed by atoms with Gasteiger partial charge in [0, 0.05) is 35.9 Å². The third kappa shape index (κ3) is 2.72. The molecule has 0 amide bonds. The summed E-state index contributed by atoms with van der Waals surface area (Å²) < 4.78 is 0. The number of hydrogen-bond donors (Lipinski definition) is 0. The number of ketones is 1. The van der Waals surface area contributed by atoms with E-state index in [0.29, 0.717) is 0 Å². The number of carbonyl (C=O) groups excluding carboxylic acids is 1. The Morgan fingerprint density at radius 3 is 1.75 bits per heavy atom. The van der Waals surface area contributed by atoms with Crippen LogP contribution in [0.1, 0.15) is 24.0 Å². The van der Waals surface area contributed by atoms with Gasteiger partial charge in [0.2, 0.25) is 0 Å². The predicted octanol–water partition coefficient (Wildman–Crippen LogP) is 3.31. The lowest BCUT2D eigenvalue weighted by Crippen LogP contribution is -1.95. The fourth-order valence-electron chi connectivity index (χ4n) is 2.30. The predicted molar refractivity (Wildman–Crippen MR) is 78.7 cm³/mol. The quantitative estimate of drug-likeness (QED) is 0.780. The van der Waals surface area contributed by atoms with Gasteiger partial charge < -0.3 is 0 Å². The highest BCUT2D eigenvalue weighted by Crippen LogP contribution is 2.29. The second-order valence-corrected chi connectivity index (χ2v) is 4.74. The molecule has 98 valence electrons. The number of aromatic nitrogens is 2. The number of pyridine rings is 2. The van der Waals surface area contributed by atoms with E-state index < -0.39 is 0 Å². The Bertz CT molecular complexity index is 613. The number of rotatable bonds is 2. The SMILES string of the molecule is O=C1/C(=C\c2cccnc2)CC/C1=C/c1cccnc1. The van der Waals surface area contributed by atoms with Gasteiger partial charge in [0.1, 0.15) is 0 Å². The molecule has 1 fully saturated rings. The molecule has 1 aliphatic carbocycles. The highest BCUT2D eigenvalue weighted by Gasteiger charge is 2.22. The van der Waals surface area contributed by atoms with Gasteiger partial charge in [-0.25, -0.2) is 0 Å². The summed E-state index contributed by atoms with van der Waals surface area (Å²) in [5.41, 5.74) is 3.65. The Kier molecular flexibility index (Phi) is 3.50. The Balaban J connectivity index is 1.85. The smallest absolute Gasteiger partial charge is 0.185 e. The summed E-state index contributed by atoms with van der Waals surface area (Å²) in [6.07, 6.45) is 12.4. The van der Waals surface area contributed by atoms with Gasteiger partial charge >= 0.3 is 0 Å². The molecule has 3 heteroatoms. The molecular formula is C17H14N2O. The molecule has 1 saturated carbocycles. The molecule has 20 heavy (non-hydrogen) atoms. The molecule has 2 aromatic rings. The second-order valence-electron chi connectivity index (χ2n) is 4.74. The van der Waals surface area contributed by atoms with Crippen LogP contribution in [0.2, 0.25) is 0 Å². The molecule has 0 saturated heterocycles. The summed E-state index contributed by atoms with van der Waals surface area (Å²) >= 11 is 0. The average molecular weight is 262 g/mol. The van der Waals surface area contributed by atoms with Crippen molar-refractivity contribution in [1.29, 1.82) is 0 Å². The molecule has 0 N–H and O–H groups in total. The molecular weight excluding hydrogens is 248 g/mol. The van der Waals surface area contributed by atoms with Crippen molar-refractivity contribution in [3.8, 4) is 0 Å². The number of Topliss-reactive ketones (excluding diaryl/α,β-unsaturated/α-hetero) is 1. The van der Waals surface area contributed by atoms with Crippen LogP contribution in [0.3, 0.4) is 0 Å². The molecule has 3 rings (SSSR count). The van der Waals surface area contributed by atoms with E-state index >= 15 is 0 Å². The zero-order chi connectivity index (χ0) is 13.8. The molecule has 0 aromatic carbocycles. The van der Waals surface area contributed by atoms with Crippen molar-refractivity contribution >= 4 is 17.9 Å². The van der Waals surface area contributed by atoms with E-state index in [4.69, 9.17) is 0 Å². The Morgan fingerprint density at radius 2 is 1.35 bits per heavy atom. The lowest BCUT2D eigenvalue weighted by Gasteiger charge is -1.97. The van der Waals surface area contributed by atoms with Crippen LogP contribution >= 0.6 is 0 Å². The maximum absolute atomic E-state index is 12.3. The van der Waals surface area contributed by atoms with Crippen molar-refractivity contribution in [1.82, 2.24) is 9.97 Å². The molecule has 2 aromatic heterocycles. The van der Waals surface area contributed by atoms with Crippen LogP contribution in [0.4, 0.5) is 0 Å². The van der Waals surface area contributed by atoms with Crippen molar-refractivity contribution in [2.45, 2.75) is 12.8 Å². The first-order valence-electron chi connectivity index (χ1n) is 6.59. The van der Waals surface area contributed by atoms with Gasteiger partial charge in [-0.05, 0) is 48.3 Å². The Labute approximate surface area is 117 Å². The maximum Gasteiger partial charge on any atom is 0.185 e. The van der Waals surface area contributed by atoms with Gasteiger partial charge in [0.25, 0.3) is 0 Å². The first-order valence-corrected chi connectivity index (χ1v) is 6.59. The number of nitrogens with zero attached hydrogens (tertiary/aromatic N) is 2. The van der Waals surface area contributed by atoms with Crippen LogP contribution in [-0.4, -0.2) is 15.8 Å². The lowest BCUT2D eigenvalue weighted by atomic mass is 10.1. The molecule has 1 aliphatic rings. The van der Waals surface area contributed by atoms with Gasteiger partial charge in [0.15, 0.2) is 5.78 Å². The number of carbonyl (C=O) groups is 1. The molecule has 0 bridgehead atoms. The minimum Gasteiger partial charge on any atom is -0.289 e. The number of hydrogen-bond acceptors (Lipinski definition) is 3. The molecule has 0 unspecified atom stereocenters. The van der Waals surface area contributed by atoms with Crippen LogP contribution in [0, 0.1) is 0 Å². The fraction of sp³-hybridized carbons (Fsp3) is 0.118. The molecule has 0 atom stereocenters. The standard InChI is InChI=1S/C17H14N2O/c20-17-15(9-13-3-1-7-18-11-13)5-6-16(17)10-14-4-2-8-19-12-14/h1-4,7-12H,5-6H2/b15-9-,16-10-. The van der Waals surface area contributed by atoms with Crippen LogP contribution < -0.4 is 0 Å². The zero-order valence-electron chi connectivity index (χ0n) is 11.0. The van der Waals surface area contributed by atoms with Crippen LogP contribution in [0.5, 0.6) is 0 Å². The van der Waals surface area contributed by atoms with Crippen molar-refractivity contribution in [3.63, 3.8) is 0 Å². The molecule has 3 nitrogen and oxygen atoms in total. The zero-order valence-corrected chi connectivity index (χ0v) is 11.0. The van der Waals surface area contributed by atoms with E-state index in [1.54, 1.807) is 24.8 Å². The second kappa shape index (κ2) is 5.61. The van der Waals surface area contributed by atoms with Crippen LogP contribution in [0.15, 0.2) is 60.2 Å². The first kappa shape index (κ1) is 12.5. The highest BCUT2D eigenvalue weighted by molar-refractivity contribution is 6.15. The minimum absolute atomic E-state index is 0.137. The number of allylic oxidation sites excluding steroid dienone is 2. The summed E-state index contributed by atoms with van der Waals surface area (Å²) in [5.74, 6) is 0.137. The third-order valence-corrected chi connectivity index (χ3v) is 3.30. The van der Waals surface area contributed by atoms with E-state index in [0.717, 1.165) is 35.1 Å². The fourth-order valence-corrected chi connectivity index (χ4v) is 2.30. The van der Waals surface area contributed by atoms with Gasteiger partial charge in [-0.3, -0.25) is 14.8 Å². The van der Waals surface area contributed by atoms with Crippen molar-refractivity contribution in [3.05, 3.63) is 71.3 Å². The van der Waals surface area contributed by atoms with Gasteiger partial charge in [-0.1, -0.05) is 12.1 Å². The van der Waals surface area contributed by atoms with E-state index in [1.165, 1.54) is 0 Å². The molecule has 0 radical (unpaired) electrons. The summed E-state index contributed by atoms with van der Waals surface area (Å²) in [5, 5.41) is 0. The van der Waals surface area contributed by atoms with Crippen LogP contribution in [0.25, 0.3) is 12.2 Å². The van der Waals surface area contributed by atoms with E-state index in [-0.39, 0.29) is 5.78 Å². The normalized spacial score (nSPS) is 18.9. The lowest BCUT2D eigenvalue weighted by molar-refractivity contribution is -0.111. The van der Waals surface area contributed by atoms with E-state index in [1.807, 2.05) is 36.4 Å². The highest BCUT2D eigenvalue weighted by atomic mass is 16.1. The van der Waals surface area contributed by atoms with E-state index in [2.05, 4.69) is 9.97 Å². The van der Waals surface area contributed by atoms with Crippen molar-refractivity contribution in [2.24, 2.45) is 0 Å². The van der Waals surface area contributed by atoms with Crippen molar-refractivity contribution in [2.75, 3.05) is 0 Å². The van der Waals surface area contributed by atoms with Gasteiger partial charge in [-0.2, -0.15) is 0 Å². The molecule has 2 heterocycles. The molecule has 0 aliphatic heterocycles. The topological polar surface area (TPSA) is 42.9 Å². The van der Waals surface area contributed by atoms with Crippen molar-refractivity contribution < 1.29 is 4.79 Å². The molecule has 0 spiro atoms. The summed E-state index contributed by atoms with van der Waals surface area (Å²) in [4.78, 5) is 20.5. The first-order chi connectivity index (χ1) is 9.83. The van der Waals surface area contributed by atoms with E-state index in [9.17, 15) is 4.79 Å². The monoisotopic (exact) mass is 262 g/mol.